The molecule has 0 atom stereocenters. The SMILES string of the molecule is [C-]#[N+]c1cnn(-c2nc(-n3ncc(C#N)c3N=Nc3c(C(C)(C)C)[nH]n4nc(C)nc34)nc(=O)[nH]2)c1N=Nc1c(C(C)(C)C)[nH]n2nc(C)nc12. The summed E-state index contributed by atoms with van der Waals surface area (Å²) in [4.78, 5) is 36.4. The van der Waals surface area contributed by atoms with E-state index in [2.05, 4.69) is 80.8 Å². The average Bonchev–Trinajstić information content (AvgIpc) is 3.88. The summed E-state index contributed by atoms with van der Waals surface area (Å²) in [6, 6.07) is 2.03. The Morgan fingerprint density at radius 3 is 1.86 bits per heavy atom. The molecule has 22 nitrogen and oxygen atoms in total. The summed E-state index contributed by atoms with van der Waals surface area (Å²) >= 11 is 0. The van der Waals surface area contributed by atoms with E-state index < -0.39 is 16.5 Å². The first-order valence-electron chi connectivity index (χ1n) is 15.3. The molecule has 0 bridgehead atoms. The number of aromatic amines is 3. The molecule has 0 aliphatic rings. The molecule has 3 N–H and O–H groups in total. The van der Waals surface area contributed by atoms with E-state index in [1.807, 2.05) is 47.6 Å². The van der Waals surface area contributed by atoms with Crippen LogP contribution >= 0.6 is 0 Å². The fourth-order valence-electron chi connectivity index (χ4n) is 5.15. The number of nitriles is 1. The molecule has 0 spiro atoms. The average molecular weight is 688 g/mol. The Hall–Kier alpha value is -7.23. The first-order chi connectivity index (χ1) is 24.2. The Morgan fingerprint density at radius 1 is 0.784 bits per heavy atom. The molecule has 0 aliphatic carbocycles. The van der Waals surface area contributed by atoms with Gasteiger partial charge in [0, 0.05) is 10.8 Å². The molecule has 51 heavy (non-hydrogen) atoms. The Bertz CT molecular complexity index is 2510. The summed E-state index contributed by atoms with van der Waals surface area (Å²) in [6.07, 6.45) is 2.51. The Morgan fingerprint density at radius 2 is 1.33 bits per heavy atom. The van der Waals surface area contributed by atoms with Gasteiger partial charge in [-0.15, -0.1) is 30.7 Å². The predicted molar refractivity (Wildman–Crippen MR) is 178 cm³/mol. The quantitative estimate of drug-likeness (QED) is 0.160. The van der Waals surface area contributed by atoms with E-state index in [-0.39, 0.29) is 34.8 Å². The molecule has 7 aromatic heterocycles. The van der Waals surface area contributed by atoms with Gasteiger partial charge < -0.3 is 0 Å². The van der Waals surface area contributed by atoms with Crippen LogP contribution in [0.25, 0.3) is 28.0 Å². The second kappa shape index (κ2) is 11.4. The van der Waals surface area contributed by atoms with Crippen molar-refractivity contribution >= 4 is 40.0 Å². The molecule has 0 fully saturated rings. The van der Waals surface area contributed by atoms with Gasteiger partial charge in [0.2, 0.25) is 17.2 Å². The van der Waals surface area contributed by atoms with Gasteiger partial charge in [-0.05, 0) is 13.8 Å². The molecule has 7 aromatic rings. The van der Waals surface area contributed by atoms with Crippen molar-refractivity contribution in [1.82, 2.24) is 74.1 Å². The van der Waals surface area contributed by atoms with Crippen molar-refractivity contribution in [2.75, 3.05) is 0 Å². The lowest BCUT2D eigenvalue weighted by Crippen LogP contribution is -2.20. The summed E-state index contributed by atoms with van der Waals surface area (Å²) < 4.78 is 5.24. The largest absolute Gasteiger partial charge is 0.351 e. The number of nitrogens with zero attached hydrogens (tertiary/aromatic N) is 18. The molecule has 0 radical (unpaired) electrons. The van der Waals surface area contributed by atoms with Gasteiger partial charge >= 0.3 is 5.69 Å². The molecule has 0 saturated heterocycles. The highest BCUT2D eigenvalue weighted by atomic mass is 16.1. The van der Waals surface area contributed by atoms with Gasteiger partial charge in [-0.3, -0.25) is 15.2 Å². The molecule has 7 heterocycles. The molecule has 256 valence electrons. The molecular weight excluding hydrogens is 658 g/mol. The zero-order valence-corrected chi connectivity index (χ0v) is 28.6. The van der Waals surface area contributed by atoms with Crippen LogP contribution in [0.2, 0.25) is 0 Å². The van der Waals surface area contributed by atoms with Gasteiger partial charge in [-0.25, -0.2) is 19.6 Å². The van der Waals surface area contributed by atoms with E-state index in [1.165, 1.54) is 21.7 Å². The van der Waals surface area contributed by atoms with Gasteiger partial charge in [0.15, 0.2) is 23.0 Å². The van der Waals surface area contributed by atoms with E-state index in [0.717, 1.165) is 9.36 Å². The Balaban J connectivity index is 1.33. The van der Waals surface area contributed by atoms with Crippen LogP contribution < -0.4 is 5.69 Å². The molecule has 22 heteroatoms. The number of aryl methyl sites for hydroxylation is 2. The van der Waals surface area contributed by atoms with E-state index in [0.29, 0.717) is 45.7 Å². The van der Waals surface area contributed by atoms with Gasteiger partial charge in [0.05, 0.1) is 30.4 Å². The van der Waals surface area contributed by atoms with Crippen LogP contribution in [0.5, 0.6) is 0 Å². The fraction of sp³-hybridized carbons (Fsp3) is 0.345. The van der Waals surface area contributed by atoms with E-state index in [4.69, 9.17) is 6.57 Å². The van der Waals surface area contributed by atoms with E-state index in [1.54, 1.807) is 13.8 Å². The summed E-state index contributed by atoms with van der Waals surface area (Å²) in [6.45, 7) is 23.2. The number of azo groups is 2. The maximum Gasteiger partial charge on any atom is 0.351 e. The van der Waals surface area contributed by atoms with Crippen LogP contribution in [0.4, 0.5) is 28.7 Å². The van der Waals surface area contributed by atoms with Crippen LogP contribution in [0, 0.1) is 31.8 Å². The van der Waals surface area contributed by atoms with Crippen molar-refractivity contribution in [1.29, 1.82) is 5.26 Å². The van der Waals surface area contributed by atoms with Crippen LogP contribution in [0.1, 0.15) is 70.1 Å². The number of H-pyrrole nitrogens is 3. The molecule has 0 unspecified atom stereocenters. The van der Waals surface area contributed by atoms with Crippen molar-refractivity contribution < 1.29 is 0 Å². The lowest BCUT2D eigenvalue weighted by Gasteiger charge is -2.16. The van der Waals surface area contributed by atoms with Crippen molar-refractivity contribution in [3.8, 4) is 18.0 Å². The normalized spacial score (nSPS) is 12.6. The standard InChI is InChI=1S/C29H29N21O/c1-13-34-23-17(19(28(3,4)5)45-49(23)43-13)39-41-21-15(10-30)11-32-47(21)25-36-26(38-27(51)37-25)48-22(16(31-9)12-33-48)42-40-18-20(29(6,7)8)46-50-24(18)35-14(2)44-50/h11-12,45-46H,1-8H3,(H,36,37,38,51). The third kappa shape index (κ3) is 5.59. The van der Waals surface area contributed by atoms with E-state index in [9.17, 15) is 10.1 Å². The molecule has 0 amide bonds. The second-order valence-corrected chi connectivity index (χ2v) is 13.4. The van der Waals surface area contributed by atoms with Crippen LogP contribution in [0.15, 0.2) is 37.6 Å². The number of hydrogen-bond donors (Lipinski definition) is 3. The molecule has 0 aromatic carbocycles. The molecule has 0 saturated carbocycles. The van der Waals surface area contributed by atoms with Crippen LogP contribution in [0.3, 0.4) is 0 Å². The molecule has 0 aliphatic heterocycles. The van der Waals surface area contributed by atoms with Gasteiger partial charge in [0.1, 0.15) is 23.3 Å². The third-order valence-corrected chi connectivity index (χ3v) is 7.47. The minimum atomic E-state index is -0.836. The Labute approximate surface area is 286 Å². The Kier molecular flexibility index (Phi) is 7.25. The smallest absolute Gasteiger partial charge is 0.277 e. The number of aromatic nitrogens is 15. The minimum Gasteiger partial charge on any atom is -0.277 e. The zero-order chi connectivity index (χ0) is 36.4. The maximum atomic E-state index is 13.0. The first kappa shape index (κ1) is 32.3. The topological polar surface area (TPSA) is 264 Å². The summed E-state index contributed by atoms with van der Waals surface area (Å²) in [5.74, 6) is 0.532. The van der Waals surface area contributed by atoms with E-state index >= 15 is 0 Å². The highest BCUT2D eigenvalue weighted by Gasteiger charge is 2.27. The van der Waals surface area contributed by atoms with Crippen LogP contribution in [-0.2, 0) is 10.8 Å². The monoisotopic (exact) mass is 687 g/mol. The maximum absolute atomic E-state index is 13.0. The summed E-state index contributed by atoms with van der Waals surface area (Å²) in [5.41, 5.74) is 1.53. The van der Waals surface area contributed by atoms with Crippen molar-refractivity contribution in [3.63, 3.8) is 0 Å². The van der Waals surface area contributed by atoms with Gasteiger partial charge in [-0.1, -0.05) is 41.5 Å². The number of rotatable bonds is 6. The number of nitrogens with one attached hydrogen (secondary N) is 3. The van der Waals surface area contributed by atoms with Gasteiger partial charge in [0.25, 0.3) is 11.6 Å². The van der Waals surface area contributed by atoms with Crippen LogP contribution in [-0.4, -0.2) is 74.1 Å². The third-order valence-electron chi connectivity index (χ3n) is 7.47. The second-order valence-electron chi connectivity index (χ2n) is 13.4. The van der Waals surface area contributed by atoms with Crippen molar-refractivity contribution in [3.05, 3.63) is 62.9 Å². The highest BCUT2D eigenvalue weighted by Crippen LogP contribution is 2.38. The first-order valence-corrected chi connectivity index (χ1v) is 15.3. The fourth-order valence-corrected chi connectivity index (χ4v) is 5.15. The lowest BCUT2D eigenvalue weighted by atomic mass is 9.91. The van der Waals surface area contributed by atoms with Gasteiger partial charge in [-0.2, -0.15) is 44.1 Å². The summed E-state index contributed by atoms with van der Waals surface area (Å²) in [5, 5.41) is 51.1. The minimum absolute atomic E-state index is 0.0257. The summed E-state index contributed by atoms with van der Waals surface area (Å²) in [7, 11) is 0. The predicted octanol–water partition coefficient (Wildman–Crippen LogP) is 4.74. The molecular formula is C29H29N21O. The number of hydrogen-bond acceptors (Lipinski definition) is 14. The highest BCUT2D eigenvalue weighted by molar-refractivity contribution is 5.69. The molecule has 7 rings (SSSR count). The van der Waals surface area contributed by atoms with Crippen molar-refractivity contribution in [2.45, 2.75) is 66.2 Å². The van der Waals surface area contributed by atoms with Crippen molar-refractivity contribution in [2.24, 2.45) is 20.5 Å². The lowest BCUT2D eigenvalue weighted by molar-refractivity contribution is 0.556. The zero-order valence-electron chi connectivity index (χ0n) is 28.6. The number of fused-ring (bicyclic) bond motifs is 2.